The van der Waals surface area contributed by atoms with E-state index in [-0.39, 0.29) is 29.0 Å². The van der Waals surface area contributed by atoms with Crippen LogP contribution >= 0.6 is 11.6 Å². The Balaban J connectivity index is 1.71. The number of carbonyl (C=O) groups is 2. The van der Waals surface area contributed by atoms with Gasteiger partial charge in [0.15, 0.2) is 18.1 Å². The quantitative estimate of drug-likeness (QED) is 0.736. The maximum atomic E-state index is 13.0. The molecule has 1 aromatic heterocycles. The van der Waals surface area contributed by atoms with Crippen LogP contribution in [0.25, 0.3) is 0 Å². The smallest absolute Gasteiger partial charge is 0.255 e. The Bertz CT molecular complexity index is 940. The molecule has 2 aromatic rings. The average Bonchev–Trinajstić information content (AvgIpc) is 2.71. The number of carbonyl (C=O) groups excluding carboxylic acids is 2. The topological polar surface area (TPSA) is 111 Å². The van der Waals surface area contributed by atoms with Gasteiger partial charge in [-0.15, -0.1) is 0 Å². The molecule has 1 aliphatic heterocycles. The molecule has 1 fully saturated rings. The van der Waals surface area contributed by atoms with Crippen molar-refractivity contribution in [1.29, 1.82) is 0 Å². The number of hydrogen-bond donors (Lipinski definition) is 1. The van der Waals surface area contributed by atoms with Crippen LogP contribution in [0.5, 0.6) is 11.5 Å². The lowest BCUT2D eigenvalue weighted by Crippen LogP contribution is -2.49. The third-order valence-corrected chi connectivity index (χ3v) is 4.96. The van der Waals surface area contributed by atoms with E-state index in [1.54, 1.807) is 11.0 Å². The fourth-order valence-corrected chi connectivity index (χ4v) is 3.57. The normalized spacial score (nSPS) is 13.9. The van der Waals surface area contributed by atoms with Gasteiger partial charge in [-0.1, -0.05) is 11.6 Å². The zero-order valence-corrected chi connectivity index (χ0v) is 17.9. The van der Waals surface area contributed by atoms with E-state index in [9.17, 15) is 9.59 Å². The van der Waals surface area contributed by atoms with Gasteiger partial charge >= 0.3 is 0 Å². The zero-order valence-electron chi connectivity index (χ0n) is 17.1. The number of hydrogen-bond acceptors (Lipinski definition) is 7. The van der Waals surface area contributed by atoms with Gasteiger partial charge in [-0.05, 0) is 26.0 Å². The van der Waals surface area contributed by atoms with Crippen LogP contribution < -0.4 is 20.1 Å². The molecule has 0 unspecified atom stereocenters. The molecule has 0 aliphatic carbocycles. The van der Waals surface area contributed by atoms with Crippen molar-refractivity contribution in [2.24, 2.45) is 5.73 Å². The predicted molar refractivity (Wildman–Crippen MR) is 112 cm³/mol. The average molecular weight is 434 g/mol. The first kappa shape index (κ1) is 21.6. The van der Waals surface area contributed by atoms with E-state index in [2.05, 4.69) is 14.9 Å². The zero-order chi connectivity index (χ0) is 21.8. The molecular formula is C20H24ClN5O4. The summed E-state index contributed by atoms with van der Waals surface area (Å²) in [5.74, 6) is 1.23. The van der Waals surface area contributed by atoms with Crippen LogP contribution in [0.4, 0.5) is 5.82 Å². The monoisotopic (exact) mass is 433 g/mol. The lowest BCUT2D eigenvalue weighted by Gasteiger charge is -2.35. The minimum absolute atomic E-state index is 0.161. The maximum absolute atomic E-state index is 13.0. The number of piperazine rings is 1. The number of primary amides is 1. The molecule has 1 aliphatic rings. The molecule has 0 spiro atoms. The largest absolute Gasteiger partial charge is 0.493 e. The van der Waals surface area contributed by atoms with E-state index in [4.69, 9.17) is 26.8 Å². The molecule has 10 heteroatoms. The Kier molecular flexibility index (Phi) is 6.61. The number of methoxy groups -OCH3 is 1. The molecule has 0 saturated carbocycles. The molecule has 1 saturated heterocycles. The van der Waals surface area contributed by atoms with Crippen LogP contribution in [0.1, 0.15) is 21.9 Å². The summed E-state index contributed by atoms with van der Waals surface area (Å²) >= 11 is 6.26. The van der Waals surface area contributed by atoms with Crippen molar-refractivity contribution in [1.82, 2.24) is 14.9 Å². The molecule has 0 atom stereocenters. The lowest BCUT2D eigenvalue weighted by molar-refractivity contribution is -0.119. The number of rotatable bonds is 6. The number of nitrogens with two attached hydrogens (primary N) is 1. The minimum Gasteiger partial charge on any atom is -0.493 e. The number of benzene rings is 1. The van der Waals surface area contributed by atoms with Crippen molar-refractivity contribution >= 4 is 29.2 Å². The first-order valence-corrected chi connectivity index (χ1v) is 9.81. The fourth-order valence-electron chi connectivity index (χ4n) is 3.31. The van der Waals surface area contributed by atoms with Gasteiger partial charge in [0.1, 0.15) is 11.6 Å². The van der Waals surface area contributed by atoms with Crippen molar-refractivity contribution in [3.05, 3.63) is 40.3 Å². The standard InChI is InChI=1S/C20H24ClN5O4/c1-12-8-18(24-13(2)23-12)25-4-6-26(7-5-25)20(28)14-9-15(21)19(16(10-14)29-3)30-11-17(22)27/h8-10H,4-7,11H2,1-3H3,(H2,22,27). The van der Waals surface area contributed by atoms with Crippen molar-refractivity contribution in [2.45, 2.75) is 13.8 Å². The van der Waals surface area contributed by atoms with E-state index >= 15 is 0 Å². The predicted octanol–water partition coefficient (Wildman–Crippen LogP) is 1.58. The lowest BCUT2D eigenvalue weighted by atomic mass is 10.1. The summed E-state index contributed by atoms with van der Waals surface area (Å²) in [6.07, 6.45) is 0. The van der Waals surface area contributed by atoms with Crippen LogP contribution in [0.3, 0.4) is 0 Å². The number of aryl methyl sites for hydroxylation is 2. The molecule has 1 aromatic carbocycles. The highest BCUT2D eigenvalue weighted by Crippen LogP contribution is 2.36. The van der Waals surface area contributed by atoms with Gasteiger partial charge in [0.2, 0.25) is 0 Å². The van der Waals surface area contributed by atoms with E-state index in [0.717, 1.165) is 17.3 Å². The van der Waals surface area contributed by atoms with Gasteiger partial charge in [0, 0.05) is 43.5 Å². The summed E-state index contributed by atoms with van der Waals surface area (Å²) in [6.45, 7) is 5.86. The Hall–Kier alpha value is -3.07. The number of aromatic nitrogens is 2. The number of halogens is 1. The van der Waals surface area contributed by atoms with Gasteiger partial charge in [-0.3, -0.25) is 9.59 Å². The fraction of sp³-hybridized carbons (Fsp3) is 0.400. The van der Waals surface area contributed by atoms with Gasteiger partial charge in [-0.2, -0.15) is 0 Å². The van der Waals surface area contributed by atoms with Crippen molar-refractivity contribution < 1.29 is 19.1 Å². The molecular weight excluding hydrogens is 410 g/mol. The second-order valence-electron chi connectivity index (χ2n) is 6.94. The number of ether oxygens (including phenoxy) is 2. The Morgan fingerprint density at radius 2 is 1.83 bits per heavy atom. The molecule has 9 nitrogen and oxygen atoms in total. The Morgan fingerprint density at radius 1 is 1.13 bits per heavy atom. The number of nitrogens with zero attached hydrogens (tertiary/aromatic N) is 4. The summed E-state index contributed by atoms with van der Waals surface area (Å²) < 4.78 is 10.6. The van der Waals surface area contributed by atoms with Gasteiger partial charge in [-0.25, -0.2) is 9.97 Å². The molecule has 2 heterocycles. The highest BCUT2D eigenvalue weighted by molar-refractivity contribution is 6.32. The molecule has 0 radical (unpaired) electrons. The molecule has 0 bridgehead atoms. The van der Waals surface area contributed by atoms with Crippen LogP contribution in [0.2, 0.25) is 5.02 Å². The van der Waals surface area contributed by atoms with Crippen LogP contribution in [-0.2, 0) is 4.79 Å². The van der Waals surface area contributed by atoms with Crippen molar-refractivity contribution in [3.8, 4) is 11.5 Å². The van der Waals surface area contributed by atoms with Crippen molar-refractivity contribution in [3.63, 3.8) is 0 Å². The van der Waals surface area contributed by atoms with Crippen LogP contribution in [-0.4, -0.2) is 66.6 Å². The summed E-state index contributed by atoms with van der Waals surface area (Å²) in [4.78, 5) is 36.7. The minimum atomic E-state index is -0.639. The first-order valence-electron chi connectivity index (χ1n) is 9.43. The van der Waals surface area contributed by atoms with E-state index in [1.165, 1.54) is 13.2 Å². The second-order valence-corrected chi connectivity index (χ2v) is 7.35. The van der Waals surface area contributed by atoms with E-state index in [0.29, 0.717) is 31.7 Å². The summed E-state index contributed by atoms with van der Waals surface area (Å²) in [6, 6.07) is 5.00. The summed E-state index contributed by atoms with van der Waals surface area (Å²) in [7, 11) is 1.43. The van der Waals surface area contributed by atoms with Crippen molar-refractivity contribution in [2.75, 3.05) is 44.8 Å². The second kappa shape index (κ2) is 9.17. The molecule has 2 N–H and O–H groups in total. The third-order valence-electron chi connectivity index (χ3n) is 4.68. The van der Waals surface area contributed by atoms with Gasteiger partial charge in [0.25, 0.3) is 11.8 Å². The van der Waals surface area contributed by atoms with E-state index < -0.39 is 5.91 Å². The molecule has 2 amide bonds. The SMILES string of the molecule is COc1cc(C(=O)N2CCN(c3cc(C)nc(C)n3)CC2)cc(Cl)c1OCC(N)=O. The van der Waals surface area contributed by atoms with Crippen LogP contribution in [0, 0.1) is 13.8 Å². The number of anilines is 1. The maximum Gasteiger partial charge on any atom is 0.255 e. The molecule has 160 valence electrons. The number of amides is 2. The highest BCUT2D eigenvalue weighted by atomic mass is 35.5. The Morgan fingerprint density at radius 3 is 2.43 bits per heavy atom. The highest BCUT2D eigenvalue weighted by Gasteiger charge is 2.25. The molecule has 30 heavy (non-hydrogen) atoms. The van der Waals surface area contributed by atoms with Gasteiger partial charge in [0.05, 0.1) is 12.1 Å². The first-order chi connectivity index (χ1) is 14.3. The summed E-state index contributed by atoms with van der Waals surface area (Å²) in [5, 5.41) is 0.171. The van der Waals surface area contributed by atoms with Gasteiger partial charge < -0.3 is 25.0 Å². The Labute approximate surface area is 179 Å². The molecule has 3 rings (SSSR count). The van der Waals surface area contributed by atoms with Crippen LogP contribution in [0.15, 0.2) is 18.2 Å². The summed E-state index contributed by atoms with van der Waals surface area (Å²) in [5.41, 5.74) is 6.40. The van der Waals surface area contributed by atoms with E-state index in [1.807, 2.05) is 19.9 Å². The third kappa shape index (κ3) is 4.91.